The smallest absolute Gasteiger partial charge is 0.306 e. The predicted octanol–water partition coefficient (Wildman–Crippen LogP) is 0.418. The van der Waals surface area contributed by atoms with Crippen molar-refractivity contribution in [3.63, 3.8) is 0 Å². The van der Waals surface area contributed by atoms with Gasteiger partial charge in [0.15, 0.2) is 0 Å². The highest BCUT2D eigenvalue weighted by molar-refractivity contribution is 5.85. The van der Waals surface area contributed by atoms with E-state index in [0.717, 1.165) is 13.0 Å². The van der Waals surface area contributed by atoms with Gasteiger partial charge in [0.2, 0.25) is 5.91 Å². The fourth-order valence-electron chi connectivity index (χ4n) is 1.51. The molecule has 1 atom stereocenters. The summed E-state index contributed by atoms with van der Waals surface area (Å²) in [4.78, 5) is 24.1. The second-order valence-electron chi connectivity index (χ2n) is 3.25. The third-order valence-corrected chi connectivity index (χ3v) is 2.26. The lowest BCUT2D eigenvalue weighted by molar-refractivity contribution is -0.146. The zero-order valence-corrected chi connectivity index (χ0v) is 8.08. The van der Waals surface area contributed by atoms with Gasteiger partial charge in [-0.15, -0.1) is 0 Å². The first kappa shape index (κ1) is 10.0. The molecule has 1 aliphatic heterocycles. The largest absolute Gasteiger partial charge is 0.466 e. The molecule has 0 spiro atoms. The molecule has 13 heavy (non-hydrogen) atoms. The van der Waals surface area contributed by atoms with E-state index in [9.17, 15) is 9.59 Å². The summed E-state index contributed by atoms with van der Waals surface area (Å²) in [5.74, 6) is -0.353. The molecule has 0 aromatic heterocycles. The number of carbonyl (C=O) groups is 2. The Hall–Kier alpha value is -1.06. The van der Waals surface area contributed by atoms with Crippen molar-refractivity contribution in [1.82, 2.24) is 4.90 Å². The highest BCUT2D eigenvalue weighted by atomic mass is 16.5. The predicted molar refractivity (Wildman–Crippen MR) is 47.0 cm³/mol. The minimum Gasteiger partial charge on any atom is -0.466 e. The third kappa shape index (κ3) is 2.44. The number of hydrogen-bond acceptors (Lipinski definition) is 3. The van der Waals surface area contributed by atoms with Gasteiger partial charge in [0.1, 0.15) is 0 Å². The second kappa shape index (κ2) is 4.25. The Morgan fingerprint density at radius 1 is 1.69 bits per heavy atom. The number of esters is 1. The van der Waals surface area contributed by atoms with Crippen molar-refractivity contribution in [3.05, 3.63) is 0 Å². The van der Waals surface area contributed by atoms with Crippen molar-refractivity contribution < 1.29 is 14.3 Å². The number of ether oxygens (including phenoxy) is 1. The molecule has 0 aromatic rings. The van der Waals surface area contributed by atoms with Crippen LogP contribution in [0.2, 0.25) is 0 Å². The minimum absolute atomic E-state index is 0.0630. The maximum atomic E-state index is 11.4. The van der Waals surface area contributed by atoms with E-state index in [1.165, 1.54) is 0 Å². The third-order valence-electron chi connectivity index (χ3n) is 2.26. The molecule has 1 saturated heterocycles. The van der Waals surface area contributed by atoms with E-state index < -0.39 is 0 Å². The molecule has 1 amide bonds. The van der Waals surface area contributed by atoms with E-state index >= 15 is 0 Å². The van der Waals surface area contributed by atoms with Crippen LogP contribution in [0.3, 0.4) is 0 Å². The Morgan fingerprint density at radius 2 is 2.38 bits per heavy atom. The zero-order valence-electron chi connectivity index (χ0n) is 8.08. The van der Waals surface area contributed by atoms with Crippen molar-refractivity contribution in [1.29, 1.82) is 0 Å². The Kier molecular flexibility index (Phi) is 3.28. The second-order valence-corrected chi connectivity index (χ2v) is 3.25. The van der Waals surface area contributed by atoms with Gasteiger partial charge < -0.3 is 9.64 Å². The maximum Gasteiger partial charge on any atom is 0.306 e. The van der Waals surface area contributed by atoms with Gasteiger partial charge in [-0.1, -0.05) is 0 Å². The fourth-order valence-corrected chi connectivity index (χ4v) is 1.51. The van der Waals surface area contributed by atoms with Crippen molar-refractivity contribution in [2.75, 3.05) is 20.2 Å². The van der Waals surface area contributed by atoms with Gasteiger partial charge >= 0.3 is 5.97 Å². The van der Waals surface area contributed by atoms with Crippen molar-refractivity contribution in [2.24, 2.45) is 5.92 Å². The summed E-state index contributed by atoms with van der Waals surface area (Å²) >= 11 is 0. The Bertz CT molecular complexity index is 215. The maximum absolute atomic E-state index is 11.4. The Morgan fingerprint density at radius 3 is 2.85 bits per heavy atom. The first-order chi connectivity index (χ1) is 6.15. The van der Waals surface area contributed by atoms with Gasteiger partial charge in [0, 0.05) is 13.6 Å². The van der Waals surface area contributed by atoms with Crippen LogP contribution in [-0.4, -0.2) is 37.0 Å². The number of amides is 1. The highest BCUT2D eigenvalue weighted by Gasteiger charge is 2.30. The van der Waals surface area contributed by atoms with E-state index in [1.54, 1.807) is 18.9 Å². The lowest BCUT2D eigenvalue weighted by atomic mass is 10.0. The van der Waals surface area contributed by atoms with Crippen LogP contribution in [0, 0.1) is 5.92 Å². The van der Waals surface area contributed by atoms with Gasteiger partial charge in [0.25, 0.3) is 0 Å². The number of nitrogens with zero attached hydrogens (tertiary/aromatic N) is 1. The molecule has 1 unspecified atom stereocenters. The molecular weight excluding hydrogens is 170 g/mol. The summed E-state index contributed by atoms with van der Waals surface area (Å²) < 4.78 is 4.78. The molecule has 1 rings (SSSR count). The van der Waals surface area contributed by atoms with Gasteiger partial charge in [-0.05, 0) is 13.3 Å². The van der Waals surface area contributed by atoms with Gasteiger partial charge in [-0.25, -0.2) is 0 Å². The van der Waals surface area contributed by atoms with Gasteiger partial charge in [-0.3, -0.25) is 9.59 Å². The van der Waals surface area contributed by atoms with Crippen LogP contribution in [0.5, 0.6) is 0 Å². The Balaban J connectivity index is 2.38. The number of carbonyl (C=O) groups excluding carboxylic acids is 2. The van der Waals surface area contributed by atoms with Crippen LogP contribution >= 0.6 is 0 Å². The van der Waals surface area contributed by atoms with Crippen LogP contribution in [0.4, 0.5) is 0 Å². The molecule has 0 N–H and O–H groups in total. The van der Waals surface area contributed by atoms with Gasteiger partial charge in [0.05, 0.1) is 18.9 Å². The SMILES string of the molecule is CCOC(=O)CC1CCN(C)C1=O. The lowest BCUT2D eigenvalue weighted by Gasteiger charge is -2.09. The summed E-state index contributed by atoms with van der Waals surface area (Å²) in [6.07, 6.45) is 1.01. The Labute approximate surface area is 77.8 Å². The average Bonchev–Trinajstić information content (AvgIpc) is 2.37. The molecule has 4 nitrogen and oxygen atoms in total. The first-order valence-electron chi connectivity index (χ1n) is 4.55. The normalized spacial score (nSPS) is 22.2. The number of rotatable bonds is 3. The quantitative estimate of drug-likeness (QED) is 0.598. The molecule has 1 heterocycles. The zero-order chi connectivity index (χ0) is 9.84. The summed E-state index contributed by atoms with van der Waals surface area (Å²) in [6.45, 7) is 2.90. The molecule has 0 bridgehead atoms. The van der Waals surface area contributed by atoms with E-state index in [1.807, 2.05) is 0 Å². The van der Waals surface area contributed by atoms with Crippen molar-refractivity contribution >= 4 is 11.9 Å². The summed E-state index contributed by atoms with van der Waals surface area (Å²) in [6, 6.07) is 0. The van der Waals surface area contributed by atoms with E-state index in [4.69, 9.17) is 4.74 Å². The molecule has 1 aliphatic rings. The summed E-state index contributed by atoms with van der Waals surface area (Å²) in [5.41, 5.74) is 0. The molecule has 0 radical (unpaired) electrons. The first-order valence-corrected chi connectivity index (χ1v) is 4.55. The molecule has 0 aliphatic carbocycles. The van der Waals surface area contributed by atoms with E-state index in [-0.39, 0.29) is 24.2 Å². The van der Waals surface area contributed by atoms with E-state index in [0.29, 0.717) is 6.61 Å². The summed E-state index contributed by atoms with van der Waals surface area (Å²) in [5, 5.41) is 0. The van der Waals surface area contributed by atoms with Crippen LogP contribution in [0.25, 0.3) is 0 Å². The lowest BCUT2D eigenvalue weighted by Crippen LogP contribution is -2.24. The molecule has 1 fully saturated rings. The highest BCUT2D eigenvalue weighted by Crippen LogP contribution is 2.19. The van der Waals surface area contributed by atoms with Gasteiger partial charge in [-0.2, -0.15) is 0 Å². The number of hydrogen-bond donors (Lipinski definition) is 0. The fraction of sp³-hybridized carbons (Fsp3) is 0.778. The minimum atomic E-state index is -0.267. The van der Waals surface area contributed by atoms with Crippen LogP contribution in [0.15, 0.2) is 0 Å². The van der Waals surface area contributed by atoms with Crippen LogP contribution in [-0.2, 0) is 14.3 Å². The van der Waals surface area contributed by atoms with Crippen LogP contribution in [0.1, 0.15) is 19.8 Å². The molecule has 0 saturated carbocycles. The summed E-state index contributed by atoms with van der Waals surface area (Å²) in [7, 11) is 1.76. The monoisotopic (exact) mass is 185 g/mol. The molecule has 4 heteroatoms. The standard InChI is InChI=1S/C9H15NO3/c1-3-13-8(11)6-7-4-5-10(2)9(7)12/h7H,3-6H2,1-2H3. The number of likely N-dealkylation sites (tertiary alicyclic amines) is 1. The average molecular weight is 185 g/mol. The van der Waals surface area contributed by atoms with Crippen molar-refractivity contribution in [3.8, 4) is 0 Å². The van der Waals surface area contributed by atoms with Crippen LogP contribution < -0.4 is 0 Å². The molecular formula is C9H15NO3. The van der Waals surface area contributed by atoms with E-state index in [2.05, 4.69) is 0 Å². The molecule has 74 valence electrons. The molecule has 0 aromatic carbocycles. The topological polar surface area (TPSA) is 46.6 Å². The van der Waals surface area contributed by atoms with Crippen molar-refractivity contribution in [2.45, 2.75) is 19.8 Å².